The summed E-state index contributed by atoms with van der Waals surface area (Å²) in [6.07, 6.45) is 5.00. The fourth-order valence-corrected chi connectivity index (χ4v) is 3.25. The van der Waals surface area contributed by atoms with E-state index >= 15 is 0 Å². The van der Waals surface area contributed by atoms with Crippen LogP contribution in [0.1, 0.15) is 30.6 Å². The maximum absolute atomic E-state index is 13.2. The first-order valence-corrected chi connectivity index (χ1v) is 8.00. The molecule has 0 N–H and O–H groups in total. The van der Waals surface area contributed by atoms with E-state index < -0.39 is 0 Å². The molecular weight excluding hydrogens is 293 g/mol. The highest BCUT2D eigenvalue weighted by molar-refractivity contribution is 5.18. The van der Waals surface area contributed by atoms with Crippen LogP contribution in [-0.4, -0.2) is 35.1 Å². The number of likely N-dealkylation sites (tertiary alicyclic amines) is 1. The van der Waals surface area contributed by atoms with Crippen molar-refractivity contribution in [2.24, 2.45) is 5.92 Å². The third-order valence-corrected chi connectivity index (χ3v) is 4.53. The SMILES string of the molecule is COc1cccc(C(C)N2CCC(Cc3cncc(F)c3)C2)n1. The number of nitrogens with zero attached hydrogens (tertiary/aromatic N) is 3. The summed E-state index contributed by atoms with van der Waals surface area (Å²) in [5.41, 5.74) is 2.00. The summed E-state index contributed by atoms with van der Waals surface area (Å²) in [4.78, 5) is 10.9. The zero-order chi connectivity index (χ0) is 16.2. The van der Waals surface area contributed by atoms with Crippen LogP contribution in [0.25, 0.3) is 0 Å². The van der Waals surface area contributed by atoms with Crippen molar-refractivity contribution in [1.29, 1.82) is 0 Å². The Morgan fingerprint density at radius 3 is 3.04 bits per heavy atom. The number of methoxy groups -OCH3 is 1. The molecule has 3 heterocycles. The summed E-state index contributed by atoms with van der Waals surface area (Å²) >= 11 is 0. The molecule has 5 heteroatoms. The summed E-state index contributed by atoms with van der Waals surface area (Å²) in [6.45, 7) is 4.21. The number of ether oxygens (including phenoxy) is 1. The van der Waals surface area contributed by atoms with Crippen molar-refractivity contribution in [3.05, 3.63) is 53.7 Å². The number of pyridine rings is 2. The van der Waals surface area contributed by atoms with Gasteiger partial charge in [0.1, 0.15) is 5.82 Å². The van der Waals surface area contributed by atoms with Gasteiger partial charge in [0.05, 0.1) is 19.0 Å². The molecule has 122 valence electrons. The fraction of sp³-hybridized carbons (Fsp3) is 0.444. The van der Waals surface area contributed by atoms with Crippen LogP contribution in [0.15, 0.2) is 36.7 Å². The zero-order valence-electron chi connectivity index (χ0n) is 13.6. The molecule has 0 spiro atoms. The molecule has 1 saturated heterocycles. The minimum atomic E-state index is -0.258. The second kappa shape index (κ2) is 7.04. The molecule has 1 aliphatic rings. The summed E-state index contributed by atoms with van der Waals surface area (Å²) in [6, 6.07) is 7.71. The van der Waals surface area contributed by atoms with Gasteiger partial charge in [-0.15, -0.1) is 0 Å². The van der Waals surface area contributed by atoms with E-state index in [1.807, 2.05) is 18.2 Å². The first kappa shape index (κ1) is 15.9. The van der Waals surface area contributed by atoms with Gasteiger partial charge in [-0.05, 0) is 49.9 Å². The summed E-state index contributed by atoms with van der Waals surface area (Å²) in [7, 11) is 1.63. The van der Waals surface area contributed by atoms with E-state index in [2.05, 4.69) is 21.8 Å². The molecule has 2 unspecified atom stereocenters. The van der Waals surface area contributed by atoms with Crippen molar-refractivity contribution >= 4 is 0 Å². The van der Waals surface area contributed by atoms with Gasteiger partial charge < -0.3 is 4.74 Å². The Hall–Kier alpha value is -2.01. The monoisotopic (exact) mass is 315 g/mol. The van der Waals surface area contributed by atoms with Crippen LogP contribution in [-0.2, 0) is 6.42 Å². The van der Waals surface area contributed by atoms with E-state index in [1.54, 1.807) is 19.4 Å². The highest BCUT2D eigenvalue weighted by atomic mass is 19.1. The van der Waals surface area contributed by atoms with Crippen molar-refractivity contribution in [3.63, 3.8) is 0 Å². The Bertz CT molecular complexity index is 664. The minimum Gasteiger partial charge on any atom is -0.481 e. The normalized spacial score (nSPS) is 19.7. The van der Waals surface area contributed by atoms with E-state index in [9.17, 15) is 4.39 Å². The smallest absolute Gasteiger partial charge is 0.213 e. The maximum Gasteiger partial charge on any atom is 0.213 e. The van der Waals surface area contributed by atoms with Crippen LogP contribution < -0.4 is 4.74 Å². The second-order valence-electron chi connectivity index (χ2n) is 6.15. The summed E-state index contributed by atoms with van der Waals surface area (Å²) in [5, 5.41) is 0. The van der Waals surface area contributed by atoms with E-state index in [1.165, 1.54) is 6.20 Å². The van der Waals surface area contributed by atoms with Crippen LogP contribution in [0.4, 0.5) is 4.39 Å². The second-order valence-corrected chi connectivity index (χ2v) is 6.15. The molecule has 1 aliphatic heterocycles. The largest absolute Gasteiger partial charge is 0.481 e. The molecule has 0 radical (unpaired) electrons. The Kier molecular flexibility index (Phi) is 4.86. The first-order chi connectivity index (χ1) is 11.2. The first-order valence-electron chi connectivity index (χ1n) is 8.00. The van der Waals surface area contributed by atoms with Crippen molar-refractivity contribution in [2.75, 3.05) is 20.2 Å². The number of rotatable bonds is 5. The van der Waals surface area contributed by atoms with Gasteiger partial charge in [0.25, 0.3) is 0 Å². The molecule has 1 fully saturated rings. The zero-order valence-corrected chi connectivity index (χ0v) is 13.6. The Labute approximate surface area is 136 Å². The molecule has 4 nitrogen and oxygen atoms in total. The van der Waals surface area contributed by atoms with Crippen molar-refractivity contribution < 1.29 is 9.13 Å². The Balaban J connectivity index is 1.62. The number of hydrogen-bond acceptors (Lipinski definition) is 4. The van der Waals surface area contributed by atoms with E-state index in [0.717, 1.165) is 37.2 Å². The molecule has 0 aromatic carbocycles. The van der Waals surface area contributed by atoms with Crippen molar-refractivity contribution in [1.82, 2.24) is 14.9 Å². The molecule has 2 aromatic heterocycles. The van der Waals surface area contributed by atoms with Gasteiger partial charge in [-0.25, -0.2) is 9.37 Å². The molecule has 0 amide bonds. The van der Waals surface area contributed by atoms with Crippen LogP contribution in [0.3, 0.4) is 0 Å². The van der Waals surface area contributed by atoms with Crippen LogP contribution in [0, 0.1) is 11.7 Å². The van der Waals surface area contributed by atoms with Crippen molar-refractivity contribution in [2.45, 2.75) is 25.8 Å². The van der Waals surface area contributed by atoms with Crippen molar-refractivity contribution in [3.8, 4) is 5.88 Å². The van der Waals surface area contributed by atoms with E-state index in [0.29, 0.717) is 11.8 Å². The lowest BCUT2D eigenvalue weighted by Gasteiger charge is -2.24. The highest BCUT2D eigenvalue weighted by Gasteiger charge is 2.27. The lowest BCUT2D eigenvalue weighted by molar-refractivity contribution is 0.246. The third-order valence-electron chi connectivity index (χ3n) is 4.53. The molecule has 2 atom stereocenters. The van der Waals surface area contributed by atoms with Gasteiger partial charge in [0.15, 0.2) is 0 Å². The molecule has 0 saturated carbocycles. The Morgan fingerprint density at radius 1 is 1.39 bits per heavy atom. The van der Waals surface area contributed by atoms with Gasteiger partial charge in [-0.2, -0.15) is 0 Å². The standard InChI is InChI=1S/C18H22FN3O/c1-13(17-4-3-5-18(21-17)23-2)22-7-6-14(12-22)8-15-9-16(19)11-20-10-15/h3-5,9-11,13-14H,6-8,12H2,1-2H3. The molecule has 3 rings (SSSR count). The lowest BCUT2D eigenvalue weighted by Crippen LogP contribution is -2.25. The topological polar surface area (TPSA) is 38.2 Å². The van der Waals surface area contributed by atoms with Gasteiger partial charge in [0.2, 0.25) is 5.88 Å². The number of hydrogen-bond donors (Lipinski definition) is 0. The minimum absolute atomic E-state index is 0.251. The number of halogens is 1. The van der Waals surface area contributed by atoms with Crippen LogP contribution in [0.5, 0.6) is 5.88 Å². The van der Waals surface area contributed by atoms with Gasteiger partial charge >= 0.3 is 0 Å². The summed E-state index contributed by atoms with van der Waals surface area (Å²) in [5.74, 6) is 0.925. The highest BCUT2D eigenvalue weighted by Crippen LogP contribution is 2.29. The fourth-order valence-electron chi connectivity index (χ4n) is 3.25. The number of aromatic nitrogens is 2. The van der Waals surface area contributed by atoms with Gasteiger partial charge in [-0.1, -0.05) is 6.07 Å². The third kappa shape index (κ3) is 3.85. The van der Waals surface area contributed by atoms with Crippen LogP contribution >= 0.6 is 0 Å². The molecule has 23 heavy (non-hydrogen) atoms. The quantitative estimate of drug-likeness (QED) is 0.849. The molecule has 2 aromatic rings. The predicted octanol–water partition coefficient (Wildman–Crippen LogP) is 3.25. The van der Waals surface area contributed by atoms with Crippen LogP contribution in [0.2, 0.25) is 0 Å². The molecule has 0 aliphatic carbocycles. The molecular formula is C18H22FN3O. The van der Waals surface area contributed by atoms with Gasteiger partial charge in [0, 0.05) is 24.8 Å². The average Bonchev–Trinajstić information content (AvgIpc) is 3.02. The average molecular weight is 315 g/mol. The Morgan fingerprint density at radius 2 is 2.26 bits per heavy atom. The maximum atomic E-state index is 13.2. The van der Waals surface area contributed by atoms with Gasteiger partial charge in [-0.3, -0.25) is 9.88 Å². The lowest BCUT2D eigenvalue weighted by atomic mass is 10.00. The van der Waals surface area contributed by atoms with E-state index in [4.69, 9.17) is 4.74 Å². The predicted molar refractivity (Wildman–Crippen MR) is 86.8 cm³/mol. The molecule has 0 bridgehead atoms. The summed E-state index contributed by atoms with van der Waals surface area (Å²) < 4.78 is 18.5. The van der Waals surface area contributed by atoms with E-state index in [-0.39, 0.29) is 11.9 Å².